The Kier molecular flexibility index (Phi) is 3.10. The number of amides is 1. The number of imidazole rings is 1. The molecule has 0 bridgehead atoms. The predicted molar refractivity (Wildman–Crippen MR) is 56.7 cm³/mol. The van der Waals surface area contributed by atoms with Gasteiger partial charge in [0.1, 0.15) is 0 Å². The van der Waals surface area contributed by atoms with Crippen molar-refractivity contribution in [3.8, 4) is 0 Å². The second kappa shape index (κ2) is 4.54. The number of aromatic amines is 1. The van der Waals surface area contributed by atoms with Crippen LogP contribution in [0.3, 0.4) is 0 Å². The van der Waals surface area contributed by atoms with Crippen LogP contribution in [-0.2, 0) is 0 Å². The number of H-pyrrole nitrogens is 1. The summed E-state index contributed by atoms with van der Waals surface area (Å²) < 4.78 is 0. The average molecular weight is 239 g/mol. The Bertz CT molecular complexity index is 443. The van der Waals surface area contributed by atoms with Crippen molar-refractivity contribution in [2.45, 2.75) is 18.9 Å². The van der Waals surface area contributed by atoms with Crippen molar-refractivity contribution in [1.82, 2.24) is 14.9 Å². The van der Waals surface area contributed by atoms with E-state index in [0.29, 0.717) is 6.54 Å². The minimum atomic E-state index is -1.22. The molecule has 2 rings (SSSR count). The first kappa shape index (κ1) is 11.6. The first-order valence-corrected chi connectivity index (χ1v) is 5.33. The number of carboxylic acid groups (broad SMARTS) is 1. The van der Waals surface area contributed by atoms with Gasteiger partial charge >= 0.3 is 5.97 Å². The first-order chi connectivity index (χ1) is 8.15. The number of aromatic nitrogens is 2. The Morgan fingerprint density at radius 1 is 1.59 bits per heavy atom. The standard InChI is InChI=1S/C10H13N3O4/c14-4-6-2-1-3-13(6)9(15)7-8(10(16)17)12-5-11-7/h5-6,14H,1-4H2,(H,11,12)(H,16,17)/t6-/m1/s1. The van der Waals surface area contributed by atoms with Crippen molar-refractivity contribution in [1.29, 1.82) is 0 Å². The highest BCUT2D eigenvalue weighted by molar-refractivity contribution is 6.02. The molecule has 1 saturated heterocycles. The van der Waals surface area contributed by atoms with Crippen molar-refractivity contribution in [2.75, 3.05) is 13.2 Å². The molecular formula is C10H13N3O4. The molecule has 1 aromatic rings. The van der Waals surface area contributed by atoms with E-state index in [0.717, 1.165) is 12.8 Å². The molecule has 0 radical (unpaired) electrons. The summed E-state index contributed by atoms with van der Waals surface area (Å²) in [5, 5.41) is 18.0. The largest absolute Gasteiger partial charge is 0.477 e. The van der Waals surface area contributed by atoms with Crippen LogP contribution < -0.4 is 0 Å². The molecule has 7 heteroatoms. The number of carbonyl (C=O) groups is 2. The van der Waals surface area contributed by atoms with E-state index in [1.54, 1.807) is 0 Å². The molecule has 3 N–H and O–H groups in total. The van der Waals surface area contributed by atoms with Crippen LogP contribution in [0.4, 0.5) is 0 Å². The normalized spacial score (nSPS) is 19.6. The third-order valence-electron chi connectivity index (χ3n) is 2.90. The molecule has 17 heavy (non-hydrogen) atoms. The number of hydrogen-bond donors (Lipinski definition) is 3. The molecule has 1 aliphatic heterocycles. The zero-order valence-corrected chi connectivity index (χ0v) is 9.09. The molecular weight excluding hydrogens is 226 g/mol. The van der Waals surface area contributed by atoms with Gasteiger partial charge in [-0.2, -0.15) is 0 Å². The van der Waals surface area contributed by atoms with Gasteiger partial charge in [-0.3, -0.25) is 4.79 Å². The smallest absolute Gasteiger partial charge is 0.354 e. The zero-order valence-electron chi connectivity index (χ0n) is 9.09. The van der Waals surface area contributed by atoms with Crippen molar-refractivity contribution < 1.29 is 19.8 Å². The van der Waals surface area contributed by atoms with Gasteiger partial charge in [0.25, 0.3) is 5.91 Å². The van der Waals surface area contributed by atoms with Gasteiger partial charge in [0.05, 0.1) is 19.0 Å². The third-order valence-corrected chi connectivity index (χ3v) is 2.90. The highest BCUT2D eigenvalue weighted by Crippen LogP contribution is 2.20. The molecule has 92 valence electrons. The molecule has 0 saturated carbocycles. The van der Waals surface area contributed by atoms with E-state index in [1.165, 1.54) is 11.2 Å². The summed E-state index contributed by atoms with van der Waals surface area (Å²) in [4.78, 5) is 30.6. The number of hydrogen-bond acceptors (Lipinski definition) is 4. The number of aliphatic hydroxyl groups excluding tert-OH is 1. The highest BCUT2D eigenvalue weighted by atomic mass is 16.4. The molecule has 1 aliphatic rings. The number of rotatable bonds is 3. The molecule has 0 unspecified atom stereocenters. The number of likely N-dealkylation sites (tertiary alicyclic amines) is 1. The summed E-state index contributed by atoms with van der Waals surface area (Å²) in [5.74, 6) is -1.66. The van der Waals surface area contributed by atoms with Gasteiger partial charge < -0.3 is 20.1 Å². The van der Waals surface area contributed by atoms with Crippen LogP contribution in [0.1, 0.15) is 33.8 Å². The number of aromatic carboxylic acids is 1. The molecule has 1 fully saturated rings. The van der Waals surface area contributed by atoms with Crippen molar-refractivity contribution in [3.05, 3.63) is 17.7 Å². The monoisotopic (exact) mass is 239 g/mol. The molecule has 0 spiro atoms. The van der Waals surface area contributed by atoms with Crippen LogP contribution in [0.25, 0.3) is 0 Å². The lowest BCUT2D eigenvalue weighted by molar-refractivity contribution is 0.0638. The van der Waals surface area contributed by atoms with Crippen LogP contribution in [-0.4, -0.2) is 56.2 Å². The topological polar surface area (TPSA) is 107 Å². The van der Waals surface area contributed by atoms with Crippen LogP contribution in [0.2, 0.25) is 0 Å². The number of nitrogens with zero attached hydrogens (tertiary/aromatic N) is 2. The van der Waals surface area contributed by atoms with E-state index in [4.69, 9.17) is 10.2 Å². The second-order valence-corrected chi connectivity index (χ2v) is 3.91. The third kappa shape index (κ3) is 2.01. The van der Waals surface area contributed by atoms with E-state index < -0.39 is 11.9 Å². The van der Waals surface area contributed by atoms with Gasteiger partial charge in [-0.25, -0.2) is 9.78 Å². The summed E-state index contributed by atoms with van der Waals surface area (Å²) in [7, 11) is 0. The summed E-state index contributed by atoms with van der Waals surface area (Å²) in [6.45, 7) is 0.411. The van der Waals surface area contributed by atoms with Gasteiger partial charge in [-0.05, 0) is 12.8 Å². The Hall–Kier alpha value is -1.89. The van der Waals surface area contributed by atoms with E-state index in [9.17, 15) is 9.59 Å². The number of aliphatic hydroxyl groups is 1. The first-order valence-electron chi connectivity index (χ1n) is 5.33. The Labute approximate surface area is 97.1 Å². The van der Waals surface area contributed by atoms with Crippen molar-refractivity contribution >= 4 is 11.9 Å². The predicted octanol–water partition coefficient (Wildman–Crippen LogP) is -0.295. The summed E-state index contributed by atoms with van der Waals surface area (Å²) >= 11 is 0. The van der Waals surface area contributed by atoms with Crippen LogP contribution in [0.5, 0.6) is 0 Å². The number of carbonyl (C=O) groups excluding carboxylic acids is 1. The lowest BCUT2D eigenvalue weighted by Gasteiger charge is -2.22. The Balaban J connectivity index is 2.25. The van der Waals surface area contributed by atoms with E-state index in [2.05, 4.69) is 9.97 Å². The second-order valence-electron chi connectivity index (χ2n) is 3.91. The fraction of sp³-hybridized carbons (Fsp3) is 0.500. The van der Waals surface area contributed by atoms with Crippen LogP contribution in [0, 0.1) is 0 Å². The molecule has 0 aliphatic carbocycles. The van der Waals surface area contributed by atoms with Gasteiger partial charge in [0, 0.05) is 6.54 Å². The lowest BCUT2D eigenvalue weighted by atomic mass is 10.2. The van der Waals surface area contributed by atoms with E-state index >= 15 is 0 Å². The van der Waals surface area contributed by atoms with Crippen LogP contribution in [0.15, 0.2) is 6.33 Å². The summed E-state index contributed by atoms with van der Waals surface area (Å²) in [6.07, 6.45) is 2.72. The SMILES string of the molecule is O=C(O)c1[nH]cnc1C(=O)N1CCC[C@@H]1CO. The minimum absolute atomic E-state index is 0.0992. The van der Waals surface area contributed by atoms with Gasteiger partial charge in [0.15, 0.2) is 11.4 Å². The number of nitrogens with one attached hydrogen (secondary N) is 1. The Morgan fingerprint density at radius 3 is 3.00 bits per heavy atom. The van der Waals surface area contributed by atoms with Crippen molar-refractivity contribution in [2.24, 2.45) is 0 Å². The molecule has 2 heterocycles. The van der Waals surface area contributed by atoms with Crippen LogP contribution >= 0.6 is 0 Å². The maximum absolute atomic E-state index is 12.1. The molecule has 1 aromatic heterocycles. The van der Waals surface area contributed by atoms with Gasteiger partial charge in [-0.1, -0.05) is 0 Å². The zero-order chi connectivity index (χ0) is 12.4. The average Bonchev–Trinajstić information content (AvgIpc) is 2.96. The fourth-order valence-corrected chi connectivity index (χ4v) is 2.05. The van der Waals surface area contributed by atoms with Gasteiger partial charge in [-0.15, -0.1) is 0 Å². The van der Waals surface area contributed by atoms with Gasteiger partial charge in [0.2, 0.25) is 0 Å². The summed E-state index contributed by atoms with van der Waals surface area (Å²) in [6, 6.07) is -0.235. The fourth-order valence-electron chi connectivity index (χ4n) is 2.05. The van der Waals surface area contributed by atoms with E-state index in [1.807, 2.05) is 0 Å². The molecule has 1 amide bonds. The van der Waals surface area contributed by atoms with Crippen molar-refractivity contribution in [3.63, 3.8) is 0 Å². The number of carboxylic acids is 1. The Morgan fingerprint density at radius 2 is 2.35 bits per heavy atom. The molecule has 1 atom stereocenters. The quantitative estimate of drug-likeness (QED) is 0.671. The maximum Gasteiger partial charge on any atom is 0.354 e. The summed E-state index contributed by atoms with van der Waals surface area (Å²) in [5.41, 5.74) is -0.309. The lowest BCUT2D eigenvalue weighted by Crippen LogP contribution is -2.38. The highest BCUT2D eigenvalue weighted by Gasteiger charge is 2.32. The maximum atomic E-state index is 12.1. The van der Waals surface area contributed by atoms with E-state index in [-0.39, 0.29) is 24.0 Å². The molecule has 7 nitrogen and oxygen atoms in total. The minimum Gasteiger partial charge on any atom is -0.477 e. The molecule has 0 aromatic carbocycles.